The van der Waals surface area contributed by atoms with E-state index in [1.165, 1.54) is 13.4 Å². The molecule has 0 aliphatic carbocycles. The number of carbonyl (C=O) groups is 1. The normalized spacial score (nSPS) is 11.4. The smallest absolute Gasteiger partial charge is 0.360 e. The van der Waals surface area contributed by atoms with Crippen molar-refractivity contribution in [1.29, 1.82) is 0 Å². The van der Waals surface area contributed by atoms with E-state index in [4.69, 9.17) is 4.42 Å². The predicted octanol–water partition coefficient (Wildman–Crippen LogP) is 2.86. The van der Waals surface area contributed by atoms with Crippen molar-refractivity contribution in [3.63, 3.8) is 0 Å². The second-order valence-electron chi connectivity index (χ2n) is 2.90. The maximum Gasteiger partial charge on any atom is 0.360 e. The van der Waals surface area contributed by atoms with Gasteiger partial charge in [-0.15, -0.1) is 0 Å². The molecule has 0 bridgehead atoms. The average Bonchev–Trinajstić information content (AvgIpc) is 2.76. The van der Waals surface area contributed by atoms with Crippen LogP contribution in [0.4, 0.5) is 0 Å². The zero-order chi connectivity index (χ0) is 11.8. The van der Waals surface area contributed by atoms with Gasteiger partial charge in [0.25, 0.3) is 0 Å². The number of nitrogens with zero attached hydrogens (tertiary/aromatic N) is 1. The van der Waals surface area contributed by atoms with Crippen LogP contribution in [0.25, 0.3) is 0 Å². The number of hydrogen-bond donors (Lipinski definition) is 0. The average molecular weight is 286 g/mol. The van der Waals surface area contributed by atoms with Gasteiger partial charge < -0.3 is 9.15 Å². The number of carbonyl (C=O) groups excluding carboxylic acids is 1. The summed E-state index contributed by atoms with van der Waals surface area (Å²) in [7, 11) is 1.31. The fourth-order valence-electron chi connectivity index (χ4n) is 1.05. The zero-order valence-corrected chi connectivity index (χ0v) is 10.4. The maximum absolute atomic E-state index is 11.1. The first-order chi connectivity index (χ1) is 7.77. The van der Waals surface area contributed by atoms with Crippen LogP contribution in [0, 0.1) is 0 Å². The third-order valence-corrected chi connectivity index (χ3v) is 2.10. The van der Waals surface area contributed by atoms with Crippen LogP contribution < -0.4 is 0 Å². The highest BCUT2D eigenvalue weighted by atomic mass is 79.9. The van der Waals surface area contributed by atoms with Crippen LogP contribution in [0.5, 0.6) is 0 Å². The minimum Gasteiger partial charge on any atom is -0.464 e. The fourth-order valence-corrected chi connectivity index (χ4v) is 1.22. The Labute approximate surface area is 102 Å². The number of hydrogen-bond acceptors (Lipinski definition) is 4. The number of esters is 1. The lowest BCUT2D eigenvalue weighted by molar-refractivity contribution is 0.0594. The van der Waals surface area contributed by atoms with Crippen LogP contribution in [0.3, 0.4) is 0 Å². The Kier molecular flexibility index (Phi) is 5.56. The molecule has 16 heavy (non-hydrogen) atoms. The van der Waals surface area contributed by atoms with E-state index in [1.54, 1.807) is 4.99 Å². The van der Waals surface area contributed by atoms with Crippen molar-refractivity contribution in [2.24, 2.45) is 0 Å². The summed E-state index contributed by atoms with van der Waals surface area (Å²) in [6.07, 6.45) is 8.54. The summed E-state index contributed by atoms with van der Waals surface area (Å²) in [4.78, 5) is 16.8. The molecule has 0 atom stereocenters. The molecule has 86 valence electrons. The van der Waals surface area contributed by atoms with Gasteiger partial charge in [-0.05, 0) is 11.4 Å². The summed E-state index contributed by atoms with van der Waals surface area (Å²) < 4.78 is 9.64. The van der Waals surface area contributed by atoms with Crippen molar-refractivity contribution in [2.45, 2.75) is 12.8 Å². The van der Waals surface area contributed by atoms with Gasteiger partial charge in [0.2, 0.25) is 0 Å². The largest absolute Gasteiger partial charge is 0.464 e. The highest BCUT2D eigenvalue weighted by molar-refractivity contribution is 9.11. The molecule has 0 radical (unpaired) electrons. The van der Waals surface area contributed by atoms with E-state index in [0.29, 0.717) is 12.3 Å². The number of allylic oxidation sites excluding steroid dienone is 3. The Balaban J connectivity index is 2.43. The van der Waals surface area contributed by atoms with Crippen molar-refractivity contribution in [2.75, 3.05) is 7.11 Å². The first kappa shape index (κ1) is 12.7. The van der Waals surface area contributed by atoms with Gasteiger partial charge in [0.15, 0.2) is 11.6 Å². The lowest BCUT2D eigenvalue weighted by Gasteiger charge is -1.90. The predicted molar refractivity (Wildman–Crippen MR) is 63.4 cm³/mol. The Morgan fingerprint density at radius 2 is 2.44 bits per heavy atom. The van der Waals surface area contributed by atoms with Gasteiger partial charge in [-0.3, -0.25) is 0 Å². The lowest BCUT2D eigenvalue weighted by atomic mass is 10.3. The van der Waals surface area contributed by atoms with Crippen LogP contribution in [-0.4, -0.2) is 18.1 Å². The molecule has 0 fully saturated rings. The number of rotatable bonds is 5. The quantitative estimate of drug-likeness (QED) is 0.617. The van der Waals surface area contributed by atoms with Crippen molar-refractivity contribution in [3.8, 4) is 0 Å². The van der Waals surface area contributed by atoms with Gasteiger partial charge in [-0.25, -0.2) is 9.78 Å². The van der Waals surface area contributed by atoms with Gasteiger partial charge in [-0.1, -0.05) is 34.2 Å². The van der Waals surface area contributed by atoms with Crippen molar-refractivity contribution < 1.29 is 13.9 Å². The number of methoxy groups -OCH3 is 1. The Morgan fingerprint density at radius 1 is 1.62 bits per heavy atom. The third kappa shape index (κ3) is 4.02. The topological polar surface area (TPSA) is 52.3 Å². The highest BCUT2D eigenvalue weighted by Gasteiger charge is 2.11. The minimum atomic E-state index is -0.479. The molecule has 0 N–H and O–H groups in total. The van der Waals surface area contributed by atoms with Gasteiger partial charge in [-0.2, -0.15) is 0 Å². The van der Waals surface area contributed by atoms with E-state index in [9.17, 15) is 4.79 Å². The van der Waals surface area contributed by atoms with Crippen LogP contribution in [-0.2, 0) is 11.2 Å². The molecule has 4 nitrogen and oxygen atoms in total. The Bertz CT molecular complexity index is 396. The summed E-state index contributed by atoms with van der Waals surface area (Å²) in [6.45, 7) is 0. The van der Waals surface area contributed by atoms with Crippen LogP contribution in [0.15, 0.2) is 33.9 Å². The summed E-state index contributed by atoms with van der Waals surface area (Å²) >= 11 is 3.16. The Hall–Kier alpha value is -1.36. The molecule has 1 aromatic heterocycles. The lowest BCUT2D eigenvalue weighted by Crippen LogP contribution is -2.01. The molecule has 0 aliphatic rings. The summed E-state index contributed by atoms with van der Waals surface area (Å²) in [5.74, 6) is 0.0561. The number of aromatic nitrogens is 1. The first-order valence-electron chi connectivity index (χ1n) is 4.72. The molecular formula is C11H12BrNO3. The van der Waals surface area contributed by atoms with E-state index in [-0.39, 0.29) is 5.69 Å². The molecule has 0 aliphatic heterocycles. The minimum absolute atomic E-state index is 0.210. The number of oxazole rings is 1. The van der Waals surface area contributed by atoms with Crippen molar-refractivity contribution in [3.05, 3.63) is 41.1 Å². The molecule has 0 saturated heterocycles. The summed E-state index contributed by atoms with van der Waals surface area (Å²) in [6, 6.07) is 0. The first-order valence-corrected chi connectivity index (χ1v) is 5.64. The molecule has 1 aromatic rings. The molecule has 5 heteroatoms. The second kappa shape index (κ2) is 7.00. The van der Waals surface area contributed by atoms with E-state index >= 15 is 0 Å². The standard InChI is InChI=1S/C11H12BrNO3/c1-15-11(14)9-8-16-10(13-9)6-4-2-3-5-7-12/h2-3,5,7-8H,4,6H2,1H3/b3-2+,7-5-. The summed E-state index contributed by atoms with van der Waals surface area (Å²) in [5.41, 5.74) is 0.210. The van der Waals surface area contributed by atoms with Crippen LogP contribution in [0.1, 0.15) is 22.8 Å². The maximum atomic E-state index is 11.1. The van der Waals surface area contributed by atoms with E-state index in [0.717, 1.165) is 6.42 Å². The molecule has 1 rings (SSSR count). The zero-order valence-electron chi connectivity index (χ0n) is 8.85. The SMILES string of the molecule is COC(=O)c1coc(CC/C=C/C=C\Br)n1. The van der Waals surface area contributed by atoms with Gasteiger partial charge >= 0.3 is 5.97 Å². The fraction of sp³-hybridized carbons (Fsp3) is 0.273. The third-order valence-electron chi connectivity index (χ3n) is 1.79. The van der Waals surface area contributed by atoms with E-state index in [2.05, 4.69) is 25.7 Å². The van der Waals surface area contributed by atoms with Crippen molar-refractivity contribution >= 4 is 21.9 Å². The molecule has 0 aromatic carbocycles. The monoisotopic (exact) mass is 285 g/mol. The number of halogens is 1. The highest BCUT2D eigenvalue weighted by Crippen LogP contribution is 2.06. The number of ether oxygens (including phenoxy) is 1. The Morgan fingerprint density at radius 3 is 3.12 bits per heavy atom. The molecule has 0 spiro atoms. The molecular weight excluding hydrogens is 274 g/mol. The second-order valence-corrected chi connectivity index (χ2v) is 3.43. The molecule has 1 heterocycles. The summed E-state index contributed by atoms with van der Waals surface area (Å²) in [5, 5.41) is 0. The van der Waals surface area contributed by atoms with Gasteiger partial charge in [0, 0.05) is 6.42 Å². The number of aryl methyl sites for hydroxylation is 1. The van der Waals surface area contributed by atoms with E-state index < -0.39 is 5.97 Å². The van der Waals surface area contributed by atoms with Gasteiger partial charge in [0.1, 0.15) is 6.26 Å². The van der Waals surface area contributed by atoms with Crippen LogP contribution in [0.2, 0.25) is 0 Å². The van der Waals surface area contributed by atoms with E-state index in [1.807, 2.05) is 18.2 Å². The van der Waals surface area contributed by atoms with Crippen LogP contribution >= 0.6 is 15.9 Å². The molecule has 0 unspecified atom stereocenters. The molecule has 0 saturated carbocycles. The van der Waals surface area contributed by atoms with Gasteiger partial charge in [0.05, 0.1) is 7.11 Å². The molecule has 0 amide bonds. The van der Waals surface area contributed by atoms with Crippen molar-refractivity contribution in [1.82, 2.24) is 4.98 Å².